The van der Waals surface area contributed by atoms with E-state index in [1.54, 1.807) is 7.11 Å². The van der Waals surface area contributed by atoms with Gasteiger partial charge in [-0.15, -0.1) is 0 Å². The molecule has 1 atom stereocenters. The van der Waals surface area contributed by atoms with Crippen LogP contribution in [0.15, 0.2) is 0 Å². The second-order valence-electron chi connectivity index (χ2n) is 1.63. The van der Waals surface area contributed by atoms with Gasteiger partial charge in [-0.2, -0.15) is 0 Å². The number of ether oxygens (including phenoxy) is 1. The van der Waals surface area contributed by atoms with Crippen LogP contribution in [0.25, 0.3) is 0 Å². The summed E-state index contributed by atoms with van der Waals surface area (Å²) in [5.41, 5.74) is 0. The third-order valence-electron chi connectivity index (χ3n) is 1.12. The number of methoxy groups -OCH3 is 1. The van der Waals surface area contributed by atoms with E-state index in [-0.39, 0.29) is 6.23 Å². The SMILES string of the molecule is COC1[CH]CCN1. The van der Waals surface area contributed by atoms with E-state index in [1.807, 2.05) is 0 Å². The largest absolute Gasteiger partial charge is 0.366 e. The predicted molar refractivity (Wildman–Crippen MR) is 27.7 cm³/mol. The zero-order valence-corrected chi connectivity index (χ0v) is 4.48. The first kappa shape index (κ1) is 5.06. The van der Waals surface area contributed by atoms with Crippen molar-refractivity contribution in [2.45, 2.75) is 12.6 Å². The molecule has 1 unspecified atom stereocenters. The summed E-state index contributed by atoms with van der Waals surface area (Å²) in [4.78, 5) is 0. The van der Waals surface area contributed by atoms with Crippen molar-refractivity contribution < 1.29 is 4.74 Å². The normalized spacial score (nSPS) is 31.3. The lowest BCUT2D eigenvalue weighted by Gasteiger charge is -2.03. The van der Waals surface area contributed by atoms with Crippen LogP contribution in [0.5, 0.6) is 0 Å². The van der Waals surface area contributed by atoms with Crippen molar-refractivity contribution >= 4 is 0 Å². The standard InChI is InChI=1S/C5H10NO/c1-7-5-3-2-4-6-5/h3,5-6H,2,4H2,1H3. The Morgan fingerprint density at radius 1 is 1.86 bits per heavy atom. The molecule has 41 valence electrons. The van der Waals surface area contributed by atoms with E-state index in [2.05, 4.69) is 11.7 Å². The number of hydrogen-bond acceptors (Lipinski definition) is 2. The zero-order valence-electron chi connectivity index (χ0n) is 4.48. The third-order valence-corrected chi connectivity index (χ3v) is 1.12. The van der Waals surface area contributed by atoms with Crippen molar-refractivity contribution in [2.75, 3.05) is 13.7 Å². The molecule has 1 fully saturated rings. The Hall–Kier alpha value is -0.0800. The summed E-state index contributed by atoms with van der Waals surface area (Å²) in [6.45, 7) is 1.07. The molecule has 1 N–H and O–H groups in total. The van der Waals surface area contributed by atoms with Crippen molar-refractivity contribution in [3.8, 4) is 0 Å². The Bertz CT molecular complexity index is 50.0. The Kier molecular flexibility index (Phi) is 1.65. The predicted octanol–water partition coefficient (Wildman–Crippen LogP) is 0.156. The Morgan fingerprint density at radius 2 is 2.71 bits per heavy atom. The molecule has 2 nitrogen and oxygen atoms in total. The minimum Gasteiger partial charge on any atom is -0.366 e. The van der Waals surface area contributed by atoms with E-state index < -0.39 is 0 Å². The van der Waals surface area contributed by atoms with Crippen molar-refractivity contribution in [3.05, 3.63) is 6.42 Å². The highest BCUT2D eigenvalue weighted by atomic mass is 16.5. The quantitative estimate of drug-likeness (QED) is 0.506. The molecule has 0 saturated carbocycles. The summed E-state index contributed by atoms with van der Waals surface area (Å²) >= 11 is 0. The van der Waals surface area contributed by atoms with Gasteiger partial charge in [0.05, 0.1) is 0 Å². The third kappa shape index (κ3) is 1.14. The van der Waals surface area contributed by atoms with Gasteiger partial charge in [-0.05, 0) is 13.0 Å². The maximum Gasteiger partial charge on any atom is 0.111 e. The van der Waals surface area contributed by atoms with E-state index in [0.717, 1.165) is 13.0 Å². The molecular weight excluding hydrogens is 90.1 g/mol. The molecule has 1 aliphatic rings. The maximum atomic E-state index is 4.94. The van der Waals surface area contributed by atoms with Crippen LogP contribution < -0.4 is 5.32 Å². The molecule has 1 radical (unpaired) electrons. The average molecular weight is 100 g/mol. The van der Waals surface area contributed by atoms with Gasteiger partial charge in [-0.1, -0.05) is 0 Å². The van der Waals surface area contributed by atoms with E-state index in [0.29, 0.717) is 0 Å². The van der Waals surface area contributed by atoms with Gasteiger partial charge in [0.25, 0.3) is 0 Å². The van der Waals surface area contributed by atoms with Gasteiger partial charge < -0.3 is 4.74 Å². The average Bonchev–Trinajstić information content (AvgIpc) is 2.14. The highest BCUT2D eigenvalue weighted by molar-refractivity contribution is 4.82. The second-order valence-corrected chi connectivity index (χ2v) is 1.63. The molecule has 0 bridgehead atoms. The Labute approximate surface area is 43.9 Å². The van der Waals surface area contributed by atoms with Gasteiger partial charge in [-0.3, -0.25) is 5.32 Å². The minimum absolute atomic E-state index is 0.222. The van der Waals surface area contributed by atoms with Crippen LogP contribution in [-0.2, 0) is 4.74 Å². The van der Waals surface area contributed by atoms with Crippen LogP contribution in [0.2, 0.25) is 0 Å². The fraction of sp³-hybridized carbons (Fsp3) is 0.800. The van der Waals surface area contributed by atoms with Crippen molar-refractivity contribution in [1.82, 2.24) is 5.32 Å². The molecular formula is C5H10NO. The fourth-order valence-electron chi connectivity index (χ4n) is 0.723. The smallest absolute Gasteiger partial charge is 0.111 e. The summed E-state index contributed by atoms with van der Waals surface area (Å²) in [5, 5.41) is 3.13. The van der Waals surface area contributed by atoms with Crippen LogP contribution in [0.1, 0.15) is 6.42 Å². The van der Waals surface area contributed by atoms with Gasteiger partial charge in [0, 0.05) is 13.5 Å². The molecule has 0 aromatic heterocycles. The van der Waals surface area contributed by atoms with Gasteiger partial charge in [-0.25, -0.2) is 0 Å². The number of rotatable bonds is 1. The first-order valence-electron chi connectivity index (χ1n) is 2.53. The van der Waals surface area contributed by atoms with Crippen molar-refractivity contribution in [3.63, 3.8) is 0 Å². The summed E-state index contributed by atoms with van der Waals surface area (Å²) in [6, 6.07) is 0. The van der Waals surface area contributed by atoms with Gasteiger partial charge in [0.2, 0.25) is 0 Å². The van der Waals surface area contributed by atoms with Gasteiger partial charge in [0.1, 0.15) is 6.23 Å². The summed E-state index contributed by atoms with van der Waals surface area (Å²) in [6.07, 6.45) is 3.48. The molecule has 2 heteroatoms. The molecule has 7 heavy (non-hydrogen) atoms. The molecule has 1 aliphatic heterocycles. The number of nitrogens with one attached hydrogen (secondary N) is 1. The van der Waals surface area contributed by atoms with Crippen LogP contribution in [0.3, 0.4) is 0 Å². The molecule has 0 spiro atoms. The number of hydrogen-bond donors (Lipinski definition) is 1. The Balaban J connectivity index is 2.14. The van der Waals surface area contributed by atoms with Crippen LogP contribution in [0.4, 0.5) is 0 Å². The maximum absolute atomic E-state index is 4.94. The van der Waals surface area contributed by atoms with E-state index in [4.69, 9.17) is 4.74 Å². The summed E-state index contributed by atoms with van der Waals surface area (Å²) in [7, 11) is 1.71. The minimum atomic E-state index is 0.222. The molecule has 0 amide bonds. The second kappa shape index (κ2) is 2.28. The van der Waals surface area contributed by atoms with Crippen LogP contribution in [0, 0.1) is 6.42 Å². The lowest BCUT2D eigenvalue weighted by atomic mass is 10.4. The molecule has 0 aromatic rings. The summed E-state index contributed by atoms with van der Waals surface area (Å²) < 4.78 is 4.94. The lowest BCUT2D eigenvalue weighted by molar-refractivity contribution is 0.116. The fourth-order valence-corrected chi connectivity index (χ4v) is 0.723. The van der Waals surface area contributed by atoms with Crippen molar-refractivity contribution in [2.24, 2.45) is 0 Å². The highest BCUT2D eigenvalue weighted by Crippen LogP contribution is 2.01. The molecule has 1 rings (SSSR count). The van der Waals surface area contributed by atoms with Crippen molar-refractivity contribution in [1.29, 1.82) is 0 Å². The first-order chi connectivity index (χ1) is 3.43. The lowest BCUT2D eigenvalue weighted by Crippen LogP contribution is -2.22. The molecule has 0 aliphatic carbocycles. The molecule has 1 heterocycles. The zero-order chi connectivity index (χ0) is 5.11. The molecule has 1 saturated heterocycles. The monoisotopic (exact) mass is 100 g/mol. The van der Waals surface area contributed by atoms with E-state index >= 15 is 0 Å². The van der Waals surface area contributed by atoms with E-state index in [1.165, 1.54) is 0 Å². The highest BCUT2D eigenvalue weighted by Gasteiger charge is 2.11. The van der Waals surface area contributed by atoms with Crippen LogP contribution >= 0.6 is 0 Å². The van der Waals surface area contributed by atoms with E-state index in [9.17, 15) is 0 Å². The van der Waals surface area contributed by atoms with Crippen LogP contribution in [-0.4, -0.2) is 19.9 Å². The van der Waals surface area contributed by atoms with Gasteiger partial charge in [0.15, 0.2) is 0 Å². The molecule has 0 aromatic carbocycles. The Morgan fingerprint density at radius 3 is 3.00 bits per heavy atom. The van der Waals surface area contributed by atoms with Gasteiger partial charge >= 0.3 is 0 Å². The first-order valence-corrected chi connectivity index (χ1v) is 2.53. The summed E-state index contributed by atoms with van der Waals surface area (Å²) in [5.74, 6) is 0. The topological polar surface area (TPSA) is 21.3 Å².